The van der Waals surface area contributed by atoms with E-state index in [-0.39, 0.29) is 0 Å². The predicted molar refractivity (Wildman–Crippen MR) is 88.7 cm³/mol. The second-order valence-electron chi connectivity index (χ2n) is 5.81. The van der Waals surface area contributed by atoms with Gasteiger partial charge in [-0.05, 0) is 0 Å². The van der Waals surface area contributed by atoms with E-state index >= 15 is 0 Å². The van der Waals surface area contributed by atoms with Crippen LogP contribution in [-0.2, 0) is 52.4 Å². The summed E-state index contributed by atoms with van der Waals surface area (Å²) in [6, 6.07) is -1.54. The lowest BCUT2D eigenvalue weighted by molar-refractivity contribution is -0.241. The van der Waals surface area contributed by atoms with Crippen LogP contribution in [0.1, 0.15) is 6.92 Å². The van der Waals surface area contributed by atoms with Crippen molar-refractivity contribution in [3.63, 3.8) is 0 Å². The van der Waals surface area contributed by atoms with E-state index in [4.69, 9.17) is 13.1 Å². The summed E-state index contributed by atoms with van der Waals surface area (Å²) in [4.78, 5) is 11.4. The number of carbonyl (C=O) groups is 1. The van der Waals surface area contributed by atoms with Crippen LogP contribution in [0.3, 0.4) is 0 Å². The SMILES string of the molecule is CC(=O)N[C@H]1[C@H](OS(C)(=O)=O)[C@@H](OS(C)(=O)=O)[C@@H](COS(C)(=O)=O)O[C@H]1O. The van der Waals surface area contributed by atoms with Gasteiger partial charge in [0, 0.05) is 6.92 Å². The Kier molecular flexibility index (Phi) is 7.73. The van der Waals surface area contributed by atoms with Crippen molar-refractivity contribution in [3.05, 3.63) is 0 Å². The molecule has 0 aliphatic carbocycles. The van der Waals surface area contributed by atoms with Gasteiger partial charge in [-0.1, -0.05) is 0 Å². The summed E-state index contributed by atoms with van der Waals surface area (Å²) in [5.41, 5.74) is 0. The van der Waals surface area contributed by atoms with Crippen molar-refractivity contribution in [2.75, 3.05) is 25.4 Å². The van der Waals surface area contributed by atoms with Gasteiger partial charge in [0.2, 0.25) is 5.91 Å². The number of carbonyl (C=O) groups excluding carboxylic acids is 1. The lowest BCUT2D eigenvalue weighted by Gasteiger charge is -2.43. The number of hydrogen-bond donors (Lipinski definition) is 2. The van der Waals surface area contributed by atoms with Gasteiger partial charge in [0.05, 0.1) is 25.4 Å². The summed E-state index contributed by atoms with van der Waals surface area (Å²) < 4.78 is 87.9. The fourth-order valence-electron chi connectivity index (χ4n) is 2.27. The van der Waals surface area contributed by atoms with E-state index in [2.05, 4.69) is 9.50 Å². The van der Waals surface area contributed by atoms with Crippen LogP contribution in [0.25, 0.3) is 0 Å². The van der Waals surface area contributed by atoms with Gasteiger partial charge in [0.1, 0.15) is 24.4 Å². The number of aliphatic hydroxyl groups is 1. The van der Waals surface area contributed by atoms with E-state index in [1.165, 1.54) is 0 Å². The molecule has 1 saturated heterocycles. The quantitative estimate of drug-likeness (QED) is 0.351. The molecule has 0 bridgehead atoms. The van der Waals surface area contributed by atoms with Gasteiger partial charge in [0.15, 0.2) is 6.29 Å². The molecule has 1 heterocycles. The van der Waals surface area contributed by atoms with Gasteiger partial charge in [-0.2, -0.15) is 25.3 Å². The molecule has 2 N–H and O–H groups in total. The largest absolute Gasteiger partial charge is 0.366 e. The van der Waals surface area contributed by atoms with Crippen molar-refractivity contribution in [1.82, 2.24) is 5.32 Å². The van der Waals surface area contributed by atoms with E-state index in [0.29, 0.717) is 18.8 Å². The average molecular weight is 455 g/mol. The van der Waals surface area contributed by atoms with E-state index in [0.717, 1.165) is 6.92 Å². The Hall–Kier alpha value is -0.880. The maximum Gasteiger partial charge on any atom is 0.264 e. The van der Waals surface area contributed by atoms with Gasteiger partial charge < -0.3 is 15.2 Å². The smallest absolute Gasteiger partial charge is 0.264 e. The Morgan fingerprint density at radius 2 is 1.44 bits per heavy atom. The van der Waals surface area contributed by atoms with Crippen molar-refractivity contribution in [2.24, 2.45) is 0 Å². The number of hydrogen-bond acceptors (Lipinski definition) is 12. The zero-order valence-electron chi connectivity index (χ0n) is 14.8. The Bertz CT molecular complexity index is 849. The molecule has 160 valence electrons. The molecule has 1 aliphatic rings. The number of rotatable bonds is 8. The molecule has 0 aromatic carbocycles. The molecule has 5 atom stereocenters. The van der Waals surface area contributed by atoms with Gasteiger partial charge in [-0.3, -0.25) is 17.3 Å². The summed E-state index contributed by atoms with van der Waals surface area (Å²) in [5, 5.41) is 12.3. The molecule has 0 spiro atoms. The molecule has 27 heavy (non-hydrogen) atoms. The van der Waals surface area contributed by atoms with Crippen molar-refractivity contribution >= 4 is 36.3 Å². The highest BCUT2D eigenvalue weighted by atomic mass is 32.2. The molecule has 16 heteroatoms. The first-order valence-corrected chi connectivity index (χ1v) is 12.6. The molecule has 1 fully saturated rings. The third kappa shape index (κ3) is 8.77. The summed E-state index contributed by atoms with van der Waals surface area (Å²) in [7, 11) is -12.4. The fourth-order valence-corrected chi connectivity index (χ4v) is 3.92. The molecule has 1 aliphatic heterocycles. The lowest BCUT2D eigenvalue weighted by atomic mass is 9.97. The Balaban J connectivity index is 3.34. The second-order valence-corrected chi connectivity index (χ2v) is 10.7. The highest BCUT2D eigenvalue weighted by Gasteiger charge is 2.50. The standard InChI is InChI=1S/C11H21NO12S3/c1-6(13)12-8-10(24-27(4,19)20)9(23-26(3,17)18)7(22-11(8)14)5-21-25(2,15)16/h7-11,14H,5H2,1-4H3,(H,12,13)/t7-,8+,9+,10+,11-/m1/s1. The van der Waals surface area contributed by atoms with Crippen LogP contribution in [0.5, 0.6) is 0 Å². The fraction of sp³-hybridized carbons (Fsp3) is 0.909. The van der Waals surface area contributed by atoms with Crippen LogP contribution in [0.15, 0.2) is 0 Å². The maximum absolute atomic E-state index is 11.6. The summed E-state index contributed by atoms with van der Waals surface area (Å²) in [6.07, 6.45) is -4.97. The monoisotopic (exact) mass is 455 g/mol. The minimum atomic E-state index is -4.22. The first kappa shape index (κ1) is 24.2. The van der Waals surface area contributed by atoms with E-state index < -0.39 is 73.5 Å². The maximum atomic E-state index is 11.6. The van der Waals surface area contributed by atoms with Crippen LogP contribution in [0.2, 0.25) is 0 Å². The molecule has 0 radical (unpaired) electrons. The van der Waals surface area contributed by atoms with Crippen molar-refractivity contribution in [2.45, 2.75) is 37.6 Å². The van der Waals surface area contributed by atoms with Crippen LogP contribution in [0, 0.1) is 0 Å². The minimum Gasteiger partial charge on any atom is -0.366 e. The van der Waals surface area contributed by atoms with Gasteiger partial charge in [0.25, 0.3) is 30.4 Å². The molecular weight excluding hydrogens is 434 g/mol. The first-order valence-electron chi connectivity index (χ1n) is 7.20. The van der Waals surface area contributed by atoms with E-state index in [1.807, 2.05) is 0 Å². The number of amides is 1. The van der Waals surface area contributed by atoms with Gasteiger partial charge in [-0.15, -0.1) is 0 Å². The molecule has 0 saturated carbocycles. The number of aliphatic hydroxyl groups excluding tert-OH is 1. The zero-order chi connectivity index (χ0) is 21.2. The van der Waals surface area contributed by atoms with Crippen molar-refractivity contribution in [3.8, 4) is 0 Å². The highest BCUT2D eigenvalue weighted by Crippen LogP contribution is 2.28. The molecule has 1 amide bonds. The van der Waals surface area contributed by atoms with Crippen molar-refractivity contribution < 1.29 is 52.4 Å². The Morgan fingerprint density at radius 3 is 1.85 bits per heavy atom. The third-order valence-electron chi connectivity index (χ3n) is 3.05. The summed E-state index contributed by atoms with van der Waals surface area (Å²) in [5.74, 6) is -0.714. The topological polar surface area (TPSA) is 189 Å². The minimum absolute atomic E-state index is 0.650. The summed E-state index contributed by atoms with van der Waals surface area (Å²) in [6.45, 7) is 0.238. The highest BCUT2D eigenvalue weighted by molar-refractivity contribution is 7.86. The van der Waals surface area contributed by atoms with Crippen molar-refractivity contribution in [1.29, 1.82) is 0 Å². The zero-order valence-corrected chi connectivity index (χ0v) is 17.2. The average Bonchev–Trinajstić information content (AvgIpc) is 2.40. The van der Waals surface area contributed by atoms with Crippen LogP contribution in [0.4, 0.5) is 0 Å². The van der Waals surface area contributed by atoms with E-state index in [1.54, 1.807) is 0 Å². The lowest BCUT2D eigenvalue weighted by Crippen LogP contribution is -2.66. The normalized spacial score (nSPS) is 30.0. The molecule has 1 rings (SSSR count). The molecular formula is C11H21NO12S3. The van der Waals surface area contributed by atoms with E-state index in [9.17, 15) is 35.2 Å². The second kappa shape index (κ2) is 8.64. The summed E-state index contributed by atoms with van der Waals surface area (Å²) >= 11 is 0. The number of nitrogens with one attached hydrogen (secondary N) is 1. The molecule has 0 aromatic heterocycles. The third-order valence-corrected chi connectivity index (χ3v) is 4.76. The molecule has 0 aromatic rings. The Morgan fingerprint density at radius 1 is 0.963 bits per heavy atom. The predicted octanol–water partition coefficient (Wildman–Crippen LogP) is -3.13. The molecule has 13 nitrogen and oxygen atoms in total. The van der Waals surface area contributed by atoms with Gasteiger partial charge >= 0.3 is 0 Å². The Labute approximate surface area is 157 Å². The number of ether oxygens (including phenoxy) is 1. The molecule has 0 unspecified atom stereocenters. The van der Waals surface area contributed by atoms with Crippen LogP contribution < -0.4 is 5.32 Å². The first-order chi connectivity index (χ1) is 12.0. The van der Waals surface area contributed by atoms with Gasteiger partial charge in [-0.25, -0.2) is 0 Å². The van der Waals surface area contributed by atoms with Crippen LogP contribution >= 0.6 is 0 Å². The van der Waals surface area contributed by atoms with Crippen LogP contribution in [-0.4, -0.2) is 92.3 Å².